The van der Waals surface area contributed by atoms with Crippen molar-refractivity contribution in [1.82, 2.24) is 24.4 Å². The lowest BCUT2D eigenvalue weighted by atomic mass is 10.0. The molecule has 2 aliphatic rings. The predicted molar refractivity (Wildman–Crippen MR) is 171 cm³/mol. The van der Waals surface area contributed by atoms with Crippen LogP contribution in [0.1, 0.15) is 44.4 Å². The van der Waals surface area contributed by atoms with Crippen LogP contribution in [0.3, 0.4) is 0 Å². The van der Waals surface area contributed by atoms with Gasteiger partial charge in [0.2, 0.25) is 5.91 Å². The lowest BCUT2D eigenvalue weighted by Gasteiger charge is -2.46. The minimum atomic E-state index is -0.558. The molecule has 2 unspecified atom stereocenters. The van der Waals surface area contributed by atoms with Crippen molar-refractivity contribution >= 4 is 46.0 Å². The predicted octanol–water partition coefficient (Wildman–Crippen LogP) is 5.66. The van der Waals surface area contributed by atoms with Crippen molar-refractivity contribution in [3.8, 4) is 28.4 Å². The number of phenols is 1. The van der Waals surface area contributed by atoms with Gasteiger partial charge in [-0.25, -0.2) is 14.3 Å². The van der Waals surface area contributed by atoms with Crippen molar-refractivity contribution < 1.29 is 14.6 Å². The fourth-order valence-corrected chi connectivity index (χ4v) is 6.73. The summed E-state index contributed by atoms with van der Waals surface area (Å²) in [5, 5.41) is 11.7. The van der Waals surface area contributed by atoms with Crippen molar-refractivity contribution in [2.24, 2.45) is 0 Å². The molecule has 3 aromatic heterocycles. The number of amides is 1. The van der Waals surface area contributed by atoms with Crippen LogP contribution < -0.4 is 15.3 Å². The van der Waals surface area contributed by atoms with Gasteiger partial charge in [-0.3, -0.25) is 9.78 Å². The molecule has 1 saturated heterocycles. The van der Waals surface area contributed by atoms with Gasteiger partial charge < -0.3 is 19.6 Å². The molecule has 228 valence electrons. The van der Waals surface area contributed by atoms with E-state index in [1.54, 1.807) is 23.2 Å². The number of ether oxygens (including phenoxy) is 1. The van der Waals surface area contributed by atoms with E-state index >= 15 is 0 Å². The van der Waals surface area contributed by atoms with Crippen LogP contribution in [0.25, 0.3) is 28.0 Å². The van der Waals surface area contributed by atoms with E-state index in [1.165, 1.54) is 16.7 Å². The molecule has 0 saturated carbocycles. The maximum absolute atomic E-state index is 14.2. The van der Waals surface area contributed by atoms with E-state index in [9.17, 15) is 14.7 Å². The van der Waals surface area contributed by atoms with Crippen LogP contribution in [0.4, 0.5) is 5.82 Å². The minimum Gasteiger partial charge on any atom is -0.507 e. The molecular formula is C32H32Cl2N6O4. The molecule has 12 heteroatoms. The van der Waals surface area contributed by atoms with Crippen LogP contribution in [-0.2, 0) is 4.79 Å². The van der Waals surface area contributed by atoms with Crippen LogP contribution in [0.15, 0.2) is 47.9 Å². The zero-order valence-electron chi connectivity index (χ0n) is 24.8. The van der Waals surface area contributed by atoms with Gasteiger partial charge in [-0.05, 0) is 49.6 Å². The number of carbonyl (C=O) groups is 1. The number of nitrogens with zero attached hydrogens (tertiary/aromatic N) is 6. The Labute approximate surface area is 264 Å². The molecule has 1 N–H and O–H groups in total. The van der Waals surface area contributed by atoms with Crippen LogP contribution in [0.5, 0.6) is 11.5 Å². The second-order valence-electron chi connectivity index (χ2n) is 11.5. The maximum atomic E-state index is 14.2. The highest BCUT2D eigenvalue weighted by Crippen LogP contribution is 2.48. The van der Waals surface area contributed by atoms with Gasteiger partial charge in [-0.1, -0.05) is 49.7 Å². The molecule has 44 heavy (non-hydrogen) atoms. The minimum absolute atomic E-state index is 0.0266. The van der Waals surface area contributed by atoms with Gasteiger partial charge >= 0.3 is 5.69 Å². The van der Waals surface area contributed by atoms with Crippen molar-refractivity contribution in [3.63, 3.8) is 0 Å². The maximum Gasteiger partial charge on any atom is 0.355 e. The molecule has 0 aliphatic carbocycles. The fourth-order valence-electron chi connectivity index (χ4n) is 6.19. The van der Waals surface area contributed by atoms with Crippen molar-refractivity contribution in [2.75, 3.05) is 24.6 Å². The molecule has 0 bridgehead atoms. The quantitative estimate of drug-likeness (QED) is 0.286. The summed E-state index contributed by atoms with van der Waals surface area (Å²) in [6.45, 7) is 12.6. The summed E-state index contributed by atoms with van der Waals surface area (Å²) in [7, 11) is 0. The highest BCUT2D eigenvalue weighted by Gasteiger charge is 2.38. The van der Waals surface area contributed by atoms with E-state index in [1.807, 2.05) is 33.8 Å². The Balaban J connectivity index is 1.73. The first-order valence-electron chi connectivity index (χ1n) is 14.5. The standard InChI is InChI=1S/C32H32Cl2N6O4/c1-6-22(42)38-15-19-11-13-44-29-24-30(39(19)14-18(38)5)37-32(43)40(28-17(4)10-12-35-26(28)16(2)3)31(24)36-27(25(29)34)23-20(33)8-7-9-21(23)41/h6-10,12,16,18-19,41H,1,11,13-15H2,2-5H3. The Kier molecular flexibility index (Phi) is 7.75. The molecule has 2 aliphatic heterocycles. The first-order chi connectivity index (χ1) is 21.0. The average Bonchev–Trinajstić information content (AvgIpc) is 2.97. The van der Waals surface area contributed by atoms with E-state index in [2.05, 4.69) is 21.4 Å². The summed E-state index contributed by atoms with van der Waals surface area (Å²) >= 11 is 13.7. The summed E-state index contributed by atoms with van der Waals surface area (Å²) < 4.78 is 7.84. The topological polar surface area (TPSA) is 114 Å². The van der Waals surface area contributed by atoms with Crippen molar-refractivity contribution in [1.29, 1.82) is 0 Å². The largest absolute Gasteiger partial charge is 0.507 e. The molecule has 2 atom stereocenters. The van der Waals surface area contributed by atoms with Gasteiger partial charge in [0.1, 0.15) is 27.7 Å². The number of benzene rings is 1. The number of aromatic hydroxyl groups is 1. The fraction of sp³-hybridized carbons (Fsp3) is 0.344. The van der Waals surface area contributed by atoms with Gasteiger partial charge in [0, 0.05) is 31.7 Å². The van der Waals surface area contributed by atoms with Crippen molar-refractivity contribution in [2.45, 2.75) is 52.1 Å². The Morgan fingerprint density at radius 2 is 1.98 bits per heavy atom. The Morgan fingerprint density at radius 1 is 1.20 bits per heavy atom. The molecule has 6 rings (SSSR count). The molecule has 1 aromatic carbocycles. The Morgan fingerprint density at radius 3 is 2.68 bits per heavy atom. The third-order valence-corrected chi connectivity index (χ3v) is 8.99. The Hall–Kier alpha value is -4.15. The molecule has 1 fully saturated rings. The van der Waals surface area contributed by atoms with E-state index in [0.29, 0.717) is 42.1 Å². The number of carbonyl (C=O) groups excluding carboxylic acids is 1. The van der Waals surface area contributed by atoms with Gasteiger partial charge in [-0.15, -0.1) is 0 Å². The highest BCUT2D eigenvalue weighted by atomic mass is 35.5. The van der Waals surface area contributed by atoms with Crippen LogP contribution >= 0.6 is 23.2 Å². The van der Waals surface area contributed by atoms with E-state index in [4.69, 9.17) is 32.9 Å². The number of aryl methyl sites for hydroxylation is 1. The highest BCUT2D eigenvalue weighted by molar-refractivity contribution is 6.38. The lowest BCUT2D eigenvalue weighted by Crippen LogP contribution is -2.60. The summed E-state index contributed by atoms with van der Waals surface area (Å²) in [5.74, 6) is 0.350. The van der Waals surface area contributed by atoms with Crippen molar-refractivity contribution in [3.05, 3.63) is 74.9 Å². The van der Waals surface area contributed by atoms with Crippen LogP contribution in [-0.4, -0.2) is 67.2 Å². The SMILES string of the molecule is C=CC(=O)N1CC2CCOc3c(Cl)c(-c4c(O)cccc4Cl)nc4c3c(nc(=O)n4-c3c(C)ccnc3C(C)C)N2CC1C. The number of aromatic nitrogens is 4. The number of halogens is 2. The molecule has 5 heterocycles. The number of fused-ring (bicyclic) bond motifs is 2. The van der Waals surface area contributed by atoms with Crippen LogP contribution in [0.2, 0.25) is 10.0 Å². The first kappa shape index (κ1) is 29.9. The number of rotatable bonds is 4. The van der Waals surface area contributed by atoms with Gasteiger partial charge in [-0.2, -0.15) is 4.98 Å². The van der Waals surface area contributed by atoms with E-state index in [-0.39, 0.29) is 69.0 Å². The summed E-state index contributed by atoms with van der Waals surface area (Å²) in [6.07, 6.45) is 3.56. The van der Waals surface area contributed by atoms with Gasteiger partial charge in [0.15, 0.2) is 11.4 Å². The number of anilines is 1. The van der Waals surface area contributed by atoms with E-state index < -0.39 is 5.69 Å². The third-order valence-electron chi connectivity index (χ3n) is 8.33. The number of hydrogen-bond donors (Lipinski definition) is 1. The second-order valence-corrected chi connectivity index (χ2v) is 12.3. The monoisotopic (exact) mass is 634 g/mol. The average molecular weight is 636 g/mol. The molecule has 4 aromatic rings. The van der Waals surface area contributed by atoms with E-state index in [0.717, 1.165) is 5.56 Å². The van der Waals surface area contributed by atoms with Crippen LogP contribution in [0, 0.1) is 6.92 Å². The lowest BCUT2D eigenvalue weighted by molar-refractivity contribution is -0.129. The molecule has 10 nitrogen and oxygen atoms in total. The summed E-state index contributed by atoms with van der Waals surface area (Å²) in [6, 6.07) is 6.21. The third kappa shape index (κ3) is 4.77. The zero-order chi connectivity index (χ0) is 31.4. The second kappa shape index (κ2) is 11.4. The van der Waals surface area contributed by atoms with Gasteiger partial charge in [0.25, 0.3) is 0 Å². The van der Waals surface area contributed by atoms with Gasteiger partial charge in [0.05, 0.1) is 34.6 Å². The smallest absolute Gasteiger partial charge is 0.355 e. The molecule has 0 radical (unpaired) electrons. The number of pyridine rings is 2. The molecule has 0 spiro atoms. The number of piperazine rings is 1. The molecular weight excluding hydrogens is 603 g/mol. The Bertz CT molecular complexity index is 1870. The summed E-state index contributed by atoms with van der Waals surface area (Å²) in [5.41, 5.74) is 2.13. The molecule has 1 amide bonds. The number of phenolic OH excluding ortho intramolecular Hbond substituents is 1. The normalized spacial score (nSPS) is 18.1. The summed E-state index contributed by atoms with van der Waals surface area (Å²) in [4.78, 5) is 45.0. The zero-order valence-corrected chi connectivity index (χ0v) is 26.4. The first-order valence-corrected chi connectivity index (χ1v) is 15.2. The number of hydrogen-bond acceptors (Lipinski definition) is 8.